The maximum Gasteiger partial charge on any atom is 0.355 e. The van der Waals surface area contributed by atoms with E-state index in [1.54, 1.807) is 24.4 Å². The van der Waals surface area contributed by atoms with Crippen molar-refractivity contribution in [2.24, 2.45) is 0 Å². The van der Waals surface area contributed by atoms with Crippen molar-refractivity contribution in [1.82, 2.24) is 9.88 Å². The van der Waals surface area contributed by atoms with Crippen molar-refractivity contribution in [3.8, 4) is 0 Å². The number of aliphatic hydroxyl groups excluding tert-OH is 2. The van der Waals surface area contributed by atoms with Crippen molar-refractivity contribution >= 4 is 11.9 Å². The van der Waals surface area contributed by atoms with Crippen LogP contribution in [0.5, 0.6) is 0 Å². The number of aromatic amines is 1. The number of hydrogen-bond donors (Lipinski definition) is 3. The molecule has 3 unspecified atom stereocenters. The smallest absolute Gasteiger partial charge is 0.355 e. The second-order valence-corrected chi connectivity index (χ2v) is 5.10. The zero-order valence-electron chi connectivity index (χ0n) is 11.6. The topological polar surface area (TPSA) is 112 Å². The van der Waals surface area contributed by atoms with Gasteiger partial charge in [-0.25, -0.2) is 4.79 Å². The van der Waals surface area contributed by atoms with Crippen LogP contribution in [0.25, 0.3) is 0 Å². The molecule has 8 heteroatoms. The van der Waals surface area contributed by atoms with E-state index in [0.29, 0.717) is 11.3 Å². The fraction of sp³-hybridized carbons (Fsp3) is 0.429. The van der Waals surface area contributed by atoms with Crippen molar-refractivity contribution in [1.29, 1.82) is 0 Å². The first-order valence-electron chi connectivity index (χ1n) is 6.87. The predicted octanol–water partition coefficient (Wildman–Crippen LogP) is -0.634. The Balaban J connectivity index is 1.64. The van der Waals surface area contributed by atoms with Crippen LogP contribution in [0.2, 0.25) is 0 Å². The molecule has 2 aliphatic rings. The highest BCUT2D eigenvalue weighted by atomic mass is 16.5. The molecule has 3 rings (SSSR count). The Labute approximate surface area is 125 Å². The minimum atomic E-state index is -1.23. The van der Waals surface area contributed by atoms with Gasteiger partial charge in [0.25, 0.3) is 5.91 Å². The van der Waals surface area contributed by atoms with Crippen LogP contribution in [-0.2, 0) is 14.3 Å². The highest BCUT2D eigenvalue weighted by Gasteiger charge is 2.44. The number of hydrogen-bond acceptors (Lipinski definition) is 6. The number of aromatic nitrogens is 1. The largest absolute Gasteiger partial charge is 0.456 e. The molecule has 0 aliphatic carbocycles. The van der Waals surface area contributed by atoms with Crippen LogP contribution >= 0.6 is 0 Å². The Morgan fingerprint density at radius 3 is 2.95 bits per heavy atom. The zero-order valence-corrected chi connectivity index (χ0v) is 11.6. The molecule has 0 aromatic carbocycles. The average Bonchev–Trinajstić information content (AvgIpc) is 3.20. The van der Waals surface area contributed by atoms with Gasteiger partial charge in [-0.05, 0) is 12.1 Å². The van der Waals surface area contributed by atoms with Crippen LogP contribution < -0.4 is 0 Å². The molecule has 0 radical (unpaired) electrons. The number of rotatable bonds is 4. The van der Waals surface area contributed by atoms with Crippen molar-refractivity contribution in [3.63, 3.8) is 0 Å². The van der Waals surface area contributed by atoms with E-state index in [1.165, 1.54) is 0 Å². The van der Waals surface area contributed by atoms with Crippen LogP contribution in [0.1, 0.15) is 16.9 Å². The van der Waals surface area contributed by atoms with E-state index in [9.17, 15) is 19.8 Å². The van der Waals surface area contributed by atoms with Gasteiger partial charge in [0.2, 0.25) is 0 Å². The van der Waals surface area contributed by atoms with Crippen LogP contribution in [0.3, 0.4) is 0 Å². The molecule has 1 fully saturated rings. The van der Waals surface area contributed by atoms with Gasteiger partial charge >= 0.3 is 5.97 Å². The molecule has 0 bridgehead atoms. The van der Waals surface area contributed by atoms with Crippen LogP contribution in [0, 0.1) is 0 Å². The van der Waals surface area contributed by atoms with Gasteiger partial charge in [-0.2, -0.15) is 0 Å². The quantitative estimate of drug-likeness (QED) is 0.504. The fourth-order valence-corrected chi connectivity index (χ4v) is 2.53. The summed E-state index contributed by atoms with van der Waals surface area (Å²) in [6, 6.07) is 3.27. The maximum absolute atomic E-state index is 11.9. The van der Waals surface area contributed by atoms with Gasteiger partial charge in [-0.15, -0.1) is 0 Å². The van der Waals surface area contributed by atoms with Gasteiger partial charge < -0.3 is 24.7 Å². The van der Waals surface area contributed by atoms with E-state index in [0.717, 1.165) is 4.90 Å². The molecule has 0 spiro atoms. The van der Waals surface area contributed by atoms with Crippen LogP contribution in [-0.4, -0.2) is 63.7 Å². The Kier molecular flexibility index (Phi) is 3.97. The lowest BCUT2D eigenvalue weighted by Gasteiger charge is -2.28. The summed E-state index contributed by atoms with van der Waals surface area (Å²) in [7, 11) is 0. The molecule has 8 nitrogen and oxygen atoms in total. The number of amides is 1. The summed E-state index contributed by atoms with van der Waals surface area (Å²) in [5, 5.41) is 19.4. The molecule has 2 aliphatic heterocycles. The second-order valence-electron chi connectivity index (χ2n) is 5.10. The number of ether oxygens (including phenoxy) is 2. The molecule has 1 amide bonds. The molecule has 1 aromatic heterocycles. The van der Waals surface area contributed by atoms with Crippen molar-refractivity contribution in [2.45, 2.75) is 25.0 Å². The number of nitrogens with zero attached hydrogens (tertiary/aromatic N) is 1. The summed E-state index contributed by atoms with van der Waals surface area (Å²) in [5.41, 5.74) is 0.880. The van der Waals surface area contributed by atoms with E-state index < -0.39 is 30.4 Å². The first-order chi connectivity index (χ1) is 10.6. The van der Waals surface area contributed by atoms with E-state index in [-0.39, 0.29) is 19.6 Å². The van der Waals surface area contributed by atoms with E-state index in [2.05, 4.69) is 4.98 Å². The van der Waals surface area contributed by atoms with Gasteiger partial charge in [-0.3, -0.25) is 9.69 Å². The number of likely N-dealkylation sites (tertiary alicyclic amines) is 1. The normalized spacial score (nSPS) is 28.1. The number of aliphatic hydroxyl groups is 2. The summed E-state index contributed by atoms with van der Waals surface area (Å²) in [6.45, 7) is 0.182. The lowest BCUT2D eigenvalue weighted by Crippen LogP contribution is -2.44. The third-order valence-electron chi connectivity index (χ3n) is 3.65. The van der Waals surface area contributed by atoms with Gasteiger partial charge in [0.15, 0.2) is 6.23 Å². The number of carbonyl (C=O) groups excluding carboxylic acids is 2. The number of esters is 1. The summed E-state index contributed by atoms with van der Waals surface area (Å²) >= 11 is 0. The fourth-order valence-electron chi connectivity index (χ4n) is 2.53. The first kappa shape index (κ1) is 14.8. The third-order valence-corrected chi connectivity index (χ3v) is 3.65. The SMILES string of the molecule is O=C(OCC1=CCOC1N1C(=O)C(O)CC1O)c1ccc[nH]1. The van der Waals surface area contributed by atoms with Gasteiger partial charge in [0, 0.05) is 18.2 Å². The minimum absolute atomic E-state index is 0.0604. The third kappa shape index (κ3) is 2.63. The van der Waals surface area contributed by atoms with Crippen molar-refractivity contribution in [3.05, 3.63) is 35.7 Å². The van der Waals surface area contributed by atoms with E-state index >= 15 is 0 Å². The Morgan fingerprint density at radius 2 is 2.32 bits per heavy atom. The molecular weight excluding hydrogens is 292 g/mol. The molecule has 3 N–H and O–H groups in total. The summed E-state index contributed by atoms with van der Waals surface area (Å²) in [4.78, 5) is 27.5. The van der Waals surface area contributed by atoms with Crippen LogP contribution in [0.4, 0.5) is 0 Å². The van der Waals surface area contributed by atoms with E-state index in [4.69, 9.17) is 9.47 Å². The Hall–Kier alpha value is -2.16. The summed E-state index contributed by atoms with van der Waals surface area (Å²) in [5.74, 6) is -1.12. The molecule has 0 saturated carbocycles. The monoisotopic (exact) mass is 308 g/mol. The average molecular weight is 308 g/mol. The molecule has 118 valence electrons. The van der Waals surface area contributed by atoms with Gasteiger partial charge in [0.1, 0.15) is 24.6 Å². The highest BCUT2D eigenvalue weighted by Crippen LogP contribution is 2.27. The number of nitrogens with one attached hydrogen (secondary N) is 1. The van der Waals surface area contributed by atoms with E-state index in [1.807, 2.05) is 0 Å². The molecular formula is C14H16N2O6. The van der Waals surface area contributed by atoms with Gasteiger partial charge in [-0.1, -0.05) is 6.08 Å². The van der Waals surface area contributed by atoms with Crippen molar-refractivity contribution < 1.29 is 29.3 Å². The summed E-state index contributed by atoms with van der Waals surface area (Å²) in [6.07, 6.45) is 0.0648. The number of carbonyl (C=O) groups is 2. The standard InChI is InChI=1S/C14H16N2O6/c17-10-6-11(18)16(12(10)19)13-8(3-5-21-13)7-22-14(20)9-2-1-4-15-9/h1-4,10-11,13,15,17-18H,5-7H2. The molecule has 22 heavy (non-hydrogen) atoms. The highest BCUT2D eigenvalue weighted by molar-refractivity contribution is 5.87. The lowest BCUT2D eigenvalue weighted by atomic mass is 10.2. The maximum atomic E-state index is 11.9. The Bertz CT molecular complexity index is 596. The molecule has 3 heterocycles. The Morgan fingerprint density at radius 1 is 1.50 bits per heavy atom. The van der Waals surface area contributed by atoms with Crippen molar-refractivity contribution in [2.75, 3.05) is 13.2 Å². The molecule has 1 saturated heterocycles. The van der Waals surface area contributed by atoms with Crippen LogP contribution in [0.15, 0.2) is 30.0 Å². The number of H-pyrrole nitrogens is 1. The summed E-state index contributed by atoms with van der Waals surface area (Å²) < 4.78 is 10.6. The molecule has 1 aromatic rings. The predicted molar refractivity (Wildman–Crippen MR) is 72.4 cm³/mol. The lowest BCUT2D eigenvalue weighted by molar-refractivity contribution is -0.152. The second kappa shape index (κ2) is 5.91. The minimum Gasteiger partial charge on any atom is -0.456 e. The first-order valence-corrected chi connectivity index (χ1v) is 6.87. The molecule has 3 atom stereocenters. The van der Waals surface area contributed by atoms with Gasteiger partial charge in [0.05, 0.1) is 6.61 Å². The zero-order chi connectivity index (χ0) is 15.7.